The molecule has 0 spiro atoms. The van der Waals surface area contributed by atoms with Gasteiger partial charge < -0.3 is 25.6 Å². The number of carbonyl (C=O) groups excluding carboxylic acids is 1. The van der Waals surface area contributed by atoms with E-state index in [2.05, 4.69) is 41.6 Å². The van der Waals surface area contributed by atoms with Crippen LogP contribution in [0, 0.1) is 5.92 Å². The molecule has 7 nitrogen and oxygen atoms in total. The Labute approximate surface area is 206 Å². The summed E-state index contributed by atoms with van der Waals surface area (Å²) in [6.45, 7) is 15.6. The van der Waals surface area contributed by atoms with E-state index in [4.69, 9.17) is 9.73 Å². The molecule has 1 aliphatic carbocycles. The monoisotopic (exact) mass is 551 g/mol. The molecule has 0 radical (unpaired) electrons. The van der Waals surface area contributed by atoms with Crippen LogP contribution in [0.2, 0.25) is 0 Å². The Morgan fingerprint density at radius 2 is 1.74 bits per heavy atom. The molecule has 1 saturated heterocycles. The Hall–Kier alpha value is -0.770. The van der Waals surface area contributed by atoms with E-state index in [1.165, 1.54) is 38.8 Å². The SMILES string of the molecule is CCNC(=NCC(NC(=O)OC(C)(C)C)C(C)C)NC1CCN(C2CCCC2)CC1.I. The highest BCUT2D eigenvalue weighted by atomic mass is 127. The first-order valence-corrected chi connectivity index (χ1v) is 12.0. The number of hydrogen-bond donors (Lipinski definition) is 3. The number of carbonyl (C=O) groups is 1. The van der Waals surface area contributed by atoms with E-state index in [9.17, 15) is 4.79 Å². The molecule has 0 aromatic heterocycles. The van der Waals surface area contributed by atoms with Gasteiger partial charge in [-0.3, -0.25) is 4.99 Å². The number of aliphatic imine (C=N–C) groups is 1. The number of alkyl carbamates (subject to hydrolysis) is 1. The topological polar surface area (TPSA) is 78.0 Å². The van der Waals surface area contributed by atoms with Gasteiger partial charge in [0.15, 0.2) is 5.96 Å². The van der Waals surface area contributed by atoms with E-state index in [-0.39, 0.29) is 42.0 Å². The molecular weight excluding hydrogens is 505 g/mol. The van der Waals surface area contributed by atoms with E-state index in [0.717, 1.165) is 31.4 Å². The maximum Gasteiger partial charge on any atom is 0.407 e. The predicted molar refractivity (Wildman–Crippen MR) is 139 cm³/mol. The minimum absolute atomic E-state index is 0. The minimum Gasteiger partial charge on any atom is -0.444 e. The second kappa shape index (κ2) is 13.7. The number of ether oxygens (including phenoxy) is 1. The smallest absolute Gasteiger partial charge is 0.407 e. The average molecular weight is 552 g/mol. The number of hydrogen-bond acceptors (Lipinski definition) is 4. The van der Waals surface area contributed by atoms with Crippen LogP contribution in [0.15, 0.2) is 4.99 Å². The fourth-order valence-corrected chi connectivity index (χ4v) is 4.26. The van der Waals surface area contributed by atoms with E-state index in [1.807, 2.05) is 20.8 Å². The summed E-state index contributed by atoms with van der Waals surface area (Å²) in [6, 6.07) is 1.20. The zero-order chi connectivity index (χ0) is 22.1. The first kappa shape index (κ1) is 28.3. The maximum atomic E-state index is 12.2. The summed E-state index contributed by atoms with van der Waals surface area (Å²) in [6.07, 6.45) is 7.49. The molecule has 2 rings (SSSR count). The normalized spacial score (nSPS) is 20.3. The van der Waals surface area contributed by atoms with Crippen molar-refractivity contribution in [1.29, 1.82) is 0 Å². The molecule has 2 aliphatic rings. The molecule has 1 heterocycles. The summed E-state index contributed by atoms with van der Waals surface area (Å²) < 4.78 is 5.41. The van der Waals surface area contributed by atoms with Gasteiger partial charge in [-0.25, -0.2) is 4.79 Å². The Morgan fingerprint density at radius 3 is 2.26 bits per heavy atom. The molecule has 1 unspecified atom stereocenters. The first-order chi connectivity index (χ1) is 14.2. The van der Waals surface area contributed by atoms with Gasteiger partial charge in [0.1, 0.15) is 5.60 Å². The van der Waals surface area contributed by atoms with Crippen LogP contribution in [0.3, 0.4) is 0 Å². The second-order valence-electron chi connectivity index (χ2n) is 10.1. The van der Waals surface area contributed by atoms with Crippen molar-refractivity contribution in [2.45, 2.75) is 104 Å². The standard InChI is InChI=1S/C23H45N5O2.HI/c1-7-24-21(25-16-20(17(2)3)27-22(29)30-23(4,5)6)26-18-12-14-28(15-13-18)19-10-8-9-11-19;/h17-20H,7-16H2,1-6H3,(H,27,29)(H2,24,25,26);1H. The zero-order valence-electron chi connectivity index (χ0n) is 20.5. The van der Waals surface area contributed by atoms with Crippen molar-refractivity contribution in [3.63, 3.8) is 0 Å². The number of piperidine rings is 1. The van der Waals surface area contributed by atoms with Gasteiger partial charge in [-0.15, -0.1) is 24.0 Å². The Kier molecular flexibility index (Phi) is 12.5. The van der Waals surface area contributed by atoms with Gasteiger partial charge in [0.2, 0.25) is 0 Å². The molecule has 0 aromatic rings. The molecular formula is C23H46IN5O2. The molecule has 1 amide bonds. The van der Waals surface area contributed by atoms with Crippen LogP contribution < -0.4 is 16.0 Å². The predicted octanol–water partition coefficient (Wildman–Crippen LogP) is 4.12. The molecule has 3 N–H and O–H groups in total. The molecule has 1 atom stereocenters. The largest absolute Gasteiger partial charge is 0.444 e. The summed E-state index contributed by atoms with van der Waals surface area (Å²) in [5, 5.41) is 9.97. The molecule has 8 heteroatoms. The van der Waals surface area contributed by atoms with Gasteiger partial charge in [0, 0.05) is 31.7 Å². The third-order valence-corrected chi connectivity index (χ3v) is 6.01. The van der Waals surface area contributed by atoms with E-state index in [1.54, 1.807) is 0 Å². The van der Waals surface area contributed by atoms with Gasteiger partial charge in [-0.2, -0.15) is 0 Å². The van der Waals surface area contributed by atoms with E-state index >= 15 is 0 Å². The van der Waals surface area contributed by atoms with Crippen molar-refractivity contribution in [1.82, 2.24) is 20.9 Å². The van der Waals surface area contributed by atoms with Crippen LogP contribution in [-0.4, -0.2) is 66.9 Å². The highest BCUT2D eigenvalue weighted by Crippen LogP contribution is 2.26. The fraction of sp³-hybridized carbons (Fsp3) is 0.913. The van der Waals surface area contributed by atoms with Crippen LogP contribution in [0.5, 0.6) is 0 Å². The van der Waals surface area contributed by atoms with E-state index < -0.39 is 5.60 Å². The third-order valence-electron chi connectivity index (χ3n) is 6.01. The molecule has 182 valence electrons. The lowest BCUT2D eigenvalue weighted by Gasteiger charge is -2.36. The number of rotatable bonds is 7. The van der Waals surface area contributed by atoms with Gasteiger partial charge in [0.05, 0.1) is 12.6 Å². The van der Waals surface area contributed by atoms with Gasteiger partial charge in [0.25, 0.3) is 0 Å². The Balaban J connectivity index is 0.00000480. The van der Waals surface area contributed by atoms with Gasteiger partial charge in [-0.05, 0) is 59.3 Å². The van der Waals surface area contributed by atoms with Crippen molar-refractivity contribution >= 4 is 36.0 Å². The lowest BCUT2D eigenvalue weighted by molar-refractivity contribution is 0.0493. The Bertz CT molecular complexity index is 551. The van der Waals surface area contributed by atoms with Crippen molar-refractivity contribution < 1.29 is 9.53 Å². The number of amides is 1. The van der Waals surface area contributed by atoms with Crippen molar-refractivity contribution in [3.8, 4) is 0 Å². The number of halogens is 1. The van der Waals surface area contributed by atoms with Crippen molar-refractivity contribution in [2.24, 2.45) is 10.9 Å². The lowest BCUT2D eigenvalue weighted by Crippen LogP contribution is -2.51. The molecule has 1 saturated carbocycles. The van der Waals surface area contributed by atoms with Crippen LogP contribution in [0.1, 0.15) is 80.1 Å². The third kappa shape index (κ3) is 10.6. The zero-order valence-corrected chi connectivity index (χ0v) is 22.8. The summed E-state index contributed by atoms with van der Waals surface area (Å²) in [5.41, 5.74) is -0.501. The maximum absolute atomic E-state index is 12.2. The van der Waals surface area contributed by atoms with Crippen LogP contribution in [0.25, 0.3) is 0 Å². The quantitative estimate of drug-likeness (QED) is 0.252. The highest BCUT2D eigenvalue weighted by molar-refractivity contribution is 14.0. The van der Waals surface area contributed by atoms with Crippen molar-refractivity contribution in [2.75, 3.05) is 26.2 Å². The minimum atomic E-state index is -0.501. The molecule has 0 bridgehead atoms. The molecule has 1 aliphatic heterocycles. The average Bonchev–Trinajstić information content (AvgIpc) is 3.18. The number of guanidine groups is 1. The Morgan fingerprint density at radius 1 is 1.13 bits per heavy atom. The van der Waals surface area contributed by atoms with Crippen LogP contribution in [-0.2, 0) is 4.74 Å². The number of likely N-dealkylation sites (tertiary alicyclic amines) is 1. The summed E-state index contributed by atoms with van der Waals surface area (Å²) in [4.78, 5) is 19.7. The number of nitrogens with zero attached hydrogens (tertiary/aromatic N) is 2. The first-order valence-electron chi connectivity index (χ1n) is 12.0. The van der Waals surface area contributed by atoms with E-state index in [0.29, 0.717) is 12.6 Å². The summed E-state index contributed by atoms with van der Waals surface area (Å²) >= 11 is 0. The highest BCUT2D eigenvalue weighted by Gasteiger charge is 2.27. The summed E-state index contributed by atoms with van der Waals surface area (Å²) in [5.74, 6) is 1.10. The number of nitrogens with one attached hydrogen (secondary N) is 3. The molecule has 2 fully saturated rings. The van der Waals surface area contributed by atoms with Crippen molar-refractivity contribution in [3.05, 3.63) is 0 Å². The van der Waals surface area contributed by atoms with Gasteiger partial charge in [-0.1, -0.05) is 26.7 Å². The molecule has 0 aromatic carbocycles. The molecule has 31 heavy (non-hydrogen) atoms. The fourth-order valence-electron chi connectivity index (χ4n) is 4.26. The lowest BCUT2D eigenvalue weighted by atomic mass is 10.0. The second-order valence-corrected chi connectivity index (χ2v) is 10.1. The van der Waals surface area contributed by atoms with Gasteiger partial charge >= 0.3 is 6.09 Å². The van der Waals surface area contributed by atoms with Crippen LogP contribution in [0.4, 0.5) is 4.79 Å². The summed E-state index contributed by atoms with van der Waals surface area (Å²) in [7, 11) is 0. The van der Waals surface area contributed by atoms with Crippen LogP contribution >= 0.6 is 24.0 Å².